The molecule has 5 heteroatoms. The zero-order valence-electron chi connectivity index (χ0n) is 12.3. The Morgan fingerprint density at radius 1 is 1.19 bits per heavy atom. The van der Waals surface area contributed by atoms with Crippen molar-refractivity contribution in [3.05, 3.63) is 28.8 Å². The smallest absolute Gasteiger partial charge is 0.250 e. The summed E-state index contributed by atoms with van der Waals surface area (Å²) in [4.78, 5) is 28.8. The third-order valence-electron chi connectivity index (χ3n) is 4.41. The first kappa shape index (κ1) is 14.4. The van der Waals surface area contributed by atoms with Gasteiger partial charge in [0.25, 0.3) is 5.91 Å². The number of carbonyl (C=O) groups is 2. The lowest BCUT2D eigenvalue weighted by atomic mass is 9.95. The molecule has 0 N–H and O–H groups in total. The molecule has 1 aromatic carbocycles. The van der Waals surface area contributed by atoms with Crippen molar-refractivity contribution < 1.29 is 9.59 Å². The van der Waals surface area contributed by atoms with Gasteiger partial charge in [-0.15, -0.1) is 0 Å². The number of hydrogen-bond acceptors (Lipinski definition) is 2. The highest BCUT2D eigenvalue weighted by molar-refractivity contribution is 6.34. The number of hydrogen-bond donors (Lipinski definition) is 0. The van der Waals surface area contributed by atoms with Crippen LogP contribution in [0.5, 0.6) is 0 Å². The number of piperazine rings is 1. The molecule has 0 aromatic heterocycles. The normalized spacial score (nSPS) is 26.0. The summed E-state index contributed by atoms with van der Waals surface area (Å²) in [5, 5.41) is 0.512. The van der Waals surface area contributed by atoms with Gasteiger partial charge in [0.1, 0.15) is 12.1 Å². The minimum atomic E-state index is -0.494. The third kappa shape index (κ3) is 2.31. The molecular formula is C16H19ClN2O2. The highest BCUT2D eigenvalue weighted by Crippen LogP contribution is 2.34. The van der Waals surface area contributed by atoms with Crippen LogP contribution in [0.4, 0.5) is 5.69 Å². The Hall–Kier alpha value is -1.55. The van der Waals surface area contributed by atoms with Crippen LogP contribution >= 0.6 is 11.6 Å². The van der Waals surface area contributed by atoms with Gasteiger partial charge in [-0.2, -0.15) is 0 Å². The van der Waals surface area contributed by atoms with Gasteiger partial charge in [-0.1, -0.05) is 17.7 Å². The molecule has 0 spiro atoms. The molecule has 2 aliphatic heterocycles. The fourth-order valence-corrected chi connectivity index (χ4v) is 3.50. The molecule has 0 aliphatic carbocycles. The maximum absolute atomic E-state index is 12.9. The van der Waals surface area contributed by atoms with Crippen molar-refractivity contribution in [2.24, 2.45) is 0 Å². The van der Waals surface area contributed by atoms with Gasteiger partial charge in [-0.3, -0.25) is 14.5 Å². The summed E-state index contributed by atoms with van der Waals surface area (Å²) >= 11 is 6.26. The van der Waals surface area contributed by atoms with Crippen LogP contribution in [-0.2, 0) is 9.59 Å². The molecule has 21 heavy (non-hydrogen) atoms. The number of rotatable bonds is 1. The highest BCUT2D eigenvalue weighted by atomic mass is 35.5. The van der Waals surface area contributed by atoms with Gasteiger partial charge >= 0.3 is 0 Å². The van der Waals surface area contributed by atoms with Crippen LogP contribution in [0, 0.1) is 6.92 Å². The Bertz CT molecular complexity index is 602. The summed E-state index contributed by atoms with van der Waals surface area (Å²) in [6, 6.07) is 4.75. The van der Waals surface area contributed by atoms with Crippen LogP contribution in [0.15, 0.2) is 18.2 Å². The summed E-state index contributed by atoms with van der Waals surface area (Å²) in [7, 11) is 0. The van der Waals surface area contributed by atoms with Gasteiger partial charge in [-0.05, 0) is 50.8 Å². The number of amides is 2. The fraction of sp³-hybridized carbons (Fsp3) is 0.500. The summed E-state index contributed by atoms with van der Waals surface area (Å²) in [5.74, 6) is 0.0196. The number of halogens is 1. The maximum Gasteiger partial charge on any atom is 0.250 e. The van der Waals surface area contributed by atoms with E-state index in [2.05, 4.69) is 0 Å². The molecule has 0 saturated carbocycles. The lowest BCUT2D eigenvalue weighted by Crippen LogP contribution is -2.65. The largest absolute Gasteiger partial charge is 0.329 e. The summed E-state index contributed by atoms with van der Waals surface area (Å²) < 4.78 is 0. The number of aryl methyl sites for hydroxylation is 1. The molecule has 2 aliphatic rings. The van der Waals surface area contributed by atoms with Crippen molar-refractivity contribution in [2.45, 2.75) is 45.2 Å². The first-order valence-corrected chi connectivity index (χ1v) is 7.78. The van der Waals surface area contributed by atoms with Crippen LogP contribution in [-0.4, -0.2) is 35.3 Å². The molecule has 2 saturated heterocycles. The van der Waals surface area contributed by atoms with E-state index in [1.54, 1.807) is 22.8 Å². The lowest BCUT2D eigenvalue weighted by molar-refractivity contribution is -0.147. The Morgan fingerprint density at radius 3 is 2.71 bits per heavy atom. The third-order valence-corrected chi connectivity index (χ3v) is 4.73. The van der Waals surface area contributed by atoms with Crippen LogP contribution in [0.1, 0.15) is 31.7 Å². The zero-order chi connectivity index (χ0) is 15.1. The Morgan fingerprint density at radius 2 is 1.95 bits per heavy atom. The zero-order valence-corrected chi connectivity index (χ0v) is 13.1. The monoisotopic (exact) mass is 306 g/mol. The van der Waals surface area contributed by atoms with Crippen molar-refractivity contribution in [2.75, 3.05) is 11.4 Å². The van der Waals surface area contributed by atoms with Gasteiger partial charge in [0.05, 0.1) is 10.7 Å². The van der Waals surface area contributed by atoms with Gasteiger partial charge < -0.3 is 4.90 Å². The standard InChI is InChI=1S/C16H19ClN2O2/c1-10-6-7-12(17)14(9-10)19-11(2)15(20)18-8-4-3-5-13(18)16(19)21/h6-7,9,11,13H,3-5,8H2,1-2H3. The molecule has 0 radical (unpaired) electrons. The summed E-state index contributed by atoms with van der Waals surface area (Å²) in [6.07, 6.45) is 2.72. The SMILES string of the molecule is Cc1ccc(Cl)c(N2C(=O)C3CCCCN3C(=O)C2C)c1. The average Bonchev–Trinajstić information content (AvgIpc) is 2.49. The molecular weight excluding hydrogens is 288 g/mol. The van der Waals surface area contributed by atoms with Crippen molar-refractivity contribution in [3.8, 4) is 0 Å². The first-order valence-electron chi connectivity index (χ1n) is 7.40. The quantitative estimate of drug-likeness (QED) is 0.800. The first-order chi connectivity index (χ1) is 10.0. The minimum Gasteiger partial charge on any atom is -0.329 e. The second-order valence-corrected chi connectivity index (χ2v) is 6.29. The van der Waals surface area contributed by atoms with Gasteiger partial charge in [0, 0.05) is 6.54 Å². The second-order valence-electron chi connectivity index (χ2n) is 5.88. The van der Waals surface area contributed by atoms with E-state index < -0.39 is 6.04 Å². The van der Waals surface area contributed by atoms with Crippen molar-refractivity contribution in [1.29, 1.82) is 0 Å². The number of benzene rings is 1. The highest BCUT2D eigenvalue weighted by Gasteiger charge is 2.45. The fourth-order valence-electron chi connectivity index (χ4n) is 3.29. The van der Waals surface area contributed by atoms with Gasteiger partial charge in [0.2, 0.25) is 5.91 Å². The molecule has 2 unspecified atom stereocenters. The maximum atomic E-state index is 12.9. The molecule has 2 fully saturated rings. The van der Waals surface area contributed by atoms with E-state index in [0.717, 1.165) is 24.8 Å². The van der Waals surface area contributed by atoms with E-state index in [9.17, 15) is 9.59 Å². The lowest BCUT2D eigenvalue weighted by Gasteiger charge is -2.46. The Balaban J connectivity index is 2.03. The molecule has 112 valence electrons. The number of carbonyl (C=O) groups excluding carboxylic acids is 2. The molecule has 0 bridgehead atoms. The predicted octanol–water partition coefficient (Wildman–Crippen LogP) is 2.76. The predicted molar refractivity (Wildman–Crippen MR) is 82.5 cm³/mol. The van der Waals surface area contributed by atoms with E-state index in [-0.39, 0.29) is 17.9 Å². The number of nitrogens with zero attached hydrogens (tertiary/aromatic N) is 2. The van der Waals surface area contributed by atoms with E-state index >= 15 is 0 Å². The van der Waals surface area contributed by atoms with E-state index in [1.807, 2.05) is 19.1 Å². The molecule has 2 atom stereocenters. The average molecular weight is 307 g/mol. The topological polar surface area (TPSA) is 40.6 Å². The Kier molecular flexibility index (Phi) is 3.66. The van der Waals surface area contributed by atoms with Crippen molar-refractivity contribution in [3.63, 3.8) is 0 Å². The molecule has 2 amide bonds. The molecule has 1 aromatic rings. The van der Waals surface area contributed by atoms with E-state index in [4.69, 9.17) is 11.6 Å². The number of anilines is 1. The van der Waals surface area contributed by atoms with E-state index in [0.29, 0.717) is 17.3 Å². The molecule has 4 nitrogen and oxygen atoms in total. The van der Waals surface area contributed by atoms with Gasteiger partial charge in [-0.25, -0.2) is 0 Å². The van der Waals surface area contributed by atoms with Crippen LogP contribution in [0.3, 0.4) is 0 Å². The van der Waals surface area contributed by atoms with E-state index in [1.165, 1.54) is 0 Å². The minimum absolute atomic E-state index is 0.00528. The van der Waals surface area contributed by atoms with Crippen LogP contribution in [0.25, 0.3) is 0 Å². The summed E-state index contributed by atoms with van der Waals surface area (Å²) in [6.45, 7) is 4.42. The molecule has 3 rings (SSSR count). The summed E-state index contributed by atoms with van der Waals surface area (Å²) in [5.41, 5.74) is 1.67. The second kappa shape index (κ2) is 5.34. The van der Waals surface area contributed by atoms with Crippen molar-refractivity contribution >= 4 is 29.1 Å². The van der Waals surface area contributed by atoms with Crippen molar-refractivity contribution in [1.82, 2.24) is 4.90 Å². The Labute approximate surface area is 129 Å². The van der Waals surface area contributed by atoms with Gasteiger partial charge in [0.15, 0.2) is 0 Å². The number of fused-ring (bicyclic) bond motifs is 1. The number of piperidine rings is 1. The van der Waals surface area contributed by atoms with Crippen LogP contribution < -0.4 is 4.90 Å². The molecule has 2 heterocycles. The van der Waals surface area contributed by atoms with Crippen LogP contribution in [0.2, 0.25) is 5.02 Å².